The van der Waals surface area contributed by atoms with E-state index in [1.165, 1.54) is 12.1 Å². The highest BCUT2D eigenvalue weighted by Gasteiger charge is 2.30. The number of aromatic nitrogens is 1. The molecule has 1 aliphatic rings. The van der Waals surface area contributed by atoms with Crippen molar-refractivity contribution in [3.8, 4) is 22.4 Å². The summed E-state index contributed by atoms with van der Waals surface area (Å²) in [6, 6.07) is 13.5. The van der Waals surface area contributed by atoms with E-state index < -0.39 is 11.6 Å². The maximum absolute atomic E-state index is 13.9. The molecule has 0 fully saturated rings. The molecule has 0 radical (unpaired) electrons. The van der Waals surface area contributed by atoms with Gasteiger partial charge in [0.05, 0.1) is 11.7 Å². The second-order valence-electron chi connectivity index (χ2n) is 7.10. The van der Waals surface area contributed by atoms with Gasteiger partial charge in [-0.1, -0.05) is 29.8 Å². The van der Waals surface area contributed by atoms with Gasteiger partial charge in [-0.15, -0.1) is 12.4 Å². The van der Waals surface area contributed by atoms with Gasteiger partial charge >= 0.3 is 0 Å². The fourth-order valence-electron chi connectivity index (χ4n) is 3.87. The number of nitrogens with one attached hydrogen (secondary N) is 1. The number of nitrogens with two attached hydrogens (primary N) is 1. The maximum atomic E-state index is 13.9. The van der Waals surface area contributed by atoms with Gasteiger partial charge in [0.2, 0.25) is 0 Å². The first-order chi connectivity index (χ1) is 13.5. The molecule has 0 saturated heterocycles. The zero-order valence-corrected chi connectivity index (χ0v) is 16.7. The molecule has 0 aliphatic carbocycles. The number of amides is 1. The van der Waals surface area contributed by atoms with Crippen LogP contribution >= 0.6 is 12.4 Å². The third-order valence-corrected chi connectivity index (χ3v) is 5.15. The zero-order valence-electron chi connectivity index (χ0n) is 15.9. The second kappa shape index (κ2) is 8.35. The van der Waals surface area contributed by atoms with Crippen LogP contribution in [-0.4, -0.2) is 23.6 Å². The molecule has 0 spiro atoms. The smallest absolute Gasteiger partial charge is 0.268 e. The van der Waals surface area contributed by atoms with Crippen molar-refractivity contribution < 1.29 is 13.6 Å². The normalized spacial score (nSPS) is 15.4. The highest BCUT2D eigenvalue weighted by molar-refractivity contribution is 5.98. The molecular formula is C22H22ClF2N3O. The summed E-state index contributed by atoms with van der Waals surface area (Å²) in [5.41, 5.74) is 10.3. The van der Waals surface area contributed by atoms with Gasteiger partial charge in [0.15, 0.2) is 11.6 Å². The fourth-order valence-corrected chi connectivity index (χ4v) is 3.87. The average molecular weight is 418 g/mol. The van der Waals surface area contributed by atoms with Crippen LogP contribution < -0.4 is 11.1 Å². The molecule has 1 amide bonds. The minimum absolute atomic E-state index is 0. The molecule has 3 N–H and O–H groups in total. The summed E-state index contributed by atoms with van der Waals surface area (Å²) < 4.78 is 29.4. The molecule has 3 aromatic rings. The van der Waals surface area contributed by atoms with Gasteiger partial charge in [-0.3, -0.25) is 4.79 Å². The lowest BCUT2D eigenvalue weighted by atomic mass is 9.99. The van der Waals surface area contributed by atoms with Crippen LogP contribution in [0.2, 0.25) is 0 Å². The third-order valence-electron chi connectivity index (χ3n) is 5.15. The van der Waals surface area contributed by atoms with Gasteiger partial charge in [0.1, 0.15) is 5.69 Å². The summed E-state index contributed by atoms with van der Waals surface area (Å²) in [5, 5.41) is 2.90. The minimum Gasteiger partial charge on any atom is -0.349 e. The van der Waals surface area contributed by atoms with E-state index in [0.29, 0.717) is 36.3 Å². The van der Waals surface area contributed by atoms with Gasteiger partial charge in [-0.2, -0.15) is 0 Å². The molecule has 0 saturated carbocycles. The Hall–Kier alpha value is -2.70. The van der Waals surface area contributed by atoms with Crippen molar-refractivity contribution in [2.45, 2.75) is 19.4 Å². The summed E-state index contributed by atoms with van der Waals surface area (Å²) in [5.74, 6) is -2.00. The zero-order chi connectivity index (χ0) is 19.8. The number of carbonyl (C=O) groups excluding carboxylic acids is 1. The molecule has 1 aromatic heterocycles. The van der Waals surface area contributed by atoms with Crippen LogP contribution in [0.25, 0.3) is 22.4 Å². The number of hydrogen-bond donors (Lipinski definition) is 2. The number of aryl methyl sites for hydroxylation is 1. The van der Waals surface area contributed by atoms with Crippen molar-refractivity contribution in [2.24, 2.45) is 5.73 Å². The Balaban J connectivity index is 0.00000240. The molecule has 152 valence electrons. The van der Waals surface area contributed by atoms with Crippen molar-refractivity contribution in [3.63, 3.8) is 0 Å². The summed E-state index contributed by atoms with van der Waals surface area (Å²) in [4.78, 5) is 12.6. The third kappa shape index (κ3) is 3.78. The van der Waals surface area contributed by atoms with Crippen molar-refractivity contribution in [3.05, 3.63) is 71.4 Å². The number of benzene rings is 2. The number of nitrogens with zero attached hydrogens (tertiary/aromatic N) is 1. The van der Waals surface area contributed by atoms with E-state index >= 15 is 0 Å². The Kier molecular flexibility index (Phi) is 6.05. The topological polar surface area (TPSA) is 60.0 Å². The SMILES string of the molecule is Cc1cccc(-c2c(-c3ccc(F)c(F)c3)cc3n2C(CCN)CNC3=O)c1.Cl. The van der Waals surface area contributed by atoms with E-state index in [4.69, 9.17) is 5.73 Å². The first-order valence-electron chi connectivity index (χ1n) is 9.25. The van der Waals surface area contributed by atoms with Crippen molar-refractivity contribution in [1.29, 1.82) is 0 Å². The van der Waals surface area contributed by atoms with Gasteiger partial charge in [-0.25, -0.2) is 8.78 Å². The molecule has 1 aliphatic heterocycles. The largest absolute Gasteiger partial charge is 0.349 e. The van der Waals surface area contributed by atoms with Gasteiger partial charge < -0.3 is 15.6 Å². The highest BCUT2D eigenvalue weighted by atomic mass is 35.5. The van der Waals surface area contributed by atoms with E-state index in [0.717, 1.165) is 22.9 Å². The average Bonchev–Trinajstić information content (AvgIpc) is 3.08. The predicted molar refractivity (Wildman–Crippen MR) is 112 cm³/mol. The standard InChI is InChI=1S/C22H21F2N3O.ClH/c1-13-3-2-4-15(9-13)21-17(14-5-6-18(23)19(24)10-14)11-20-22(28)26-12-16(7-8-25)27(20)21;/h2-6,9-11,16H,7-8,12,25H2,1H3,(H,26,28);1H. The van der Waals surface area contributed by atoms with Crippen LogP contribution in [0.5, 0.6) is 0 Å². The van der Waals surface area contributed by atoms with Crippen LogP contribution in [0.15, 0.2) is 48.5 Å². The summed E-state index contributed by atoms with van der Waals surface area (Å²) in [7, 11) is 0. The quantitative estimate of drug-likeness (QED) is 0.658. The van der Waals surface area contributed by atoms with E-state index in [9.17, 15) is 13.6 Å². The van der Waals surface area contributed by atoms with E-state index in [-0.39, 0.29) is 24.4 Å². The second-order valence-corrected chi connectivity index (χ2v) is 7.10. The van der Waals surface area contributed by atoms with Crippen LogP contribution in [0.3, 0.4) is 0 Å². The lowest BCUT2D eigenvalue weighted by Gasteiger charge is -2.28. The number of rotatable bonds is 4. The number of fused-ring (bicyclic) bond motifs is 1. The van der Waals surface area contributed by atoms with Crippen molar-refractivity contribution in [1.82, 2.24) is 9.88 Å². The van der Waals surface area contributed by atoms with Gasteiger partial charge in [-0.05, 0) is 55.3 Å². The molecule has 4 nitrogen and oxygen atoms in total. The highest BCUT2D eigenvalue weighted by Crippen LogP contribution is 2.39. The first-order valence-corrected chi connectivity index (χ1v) is 9.25. The minimum atomic E-state index is -0.917. The Morgan fingerprint density at radius 1 is 1.10 bits per heavy atom. The predicted octanol–water partition coefficient (Wildman–Crippen LogP) is 4.46. The molecular weight excluding hydrogens is 396 g/mol. The molecule has 2 aromatic carbocycles. The van der Waals surface area contributed by atoms with Crippen LogP contribution in [0.1, 0.15) is 28.5 Å². The molecule has 4 rings (SSSR count). The van der Waals surface area contributed by atoms with Gasteiger partial charge in [0.25, 0.3) is 5.91 Å². The molecule has 7 heteroatoms. The lowest BCUT2D eigenvalue weighted by Crippen LogP contribution is -2.39. The maximum Gasteiger partial charge on any atom is 0.268 e. The van der Waals surface area contributed by atoms with Crippen molar-refractivity contribution in [2.75, 3.05) is 13.1 Å². The molecule has 1 atom stereocenters. The summed E-state index contributed by atoms with van der Waals surface area (Å²) in [6.07, 6.45) is 0.692. The number of carbonyl (C=O) groups is 1. The summed E-state index contributed by atoms with van der Waals surface area (Å²) in [6.45, 7) is 2.95. The van der Waals surface area contributed by atoms with Crippen molar-refractivity contribution >= 4 is 18.3 Å². The van der Waals surface area contributed by atoms with E-state index in [2.05, 4.69) is 5.32 Å². The fraction of sp³-hybridized carbons (Fsp3) is 0.227. The summed E-state index contributed by atoms with van der Waals surface area (Å²) >= 11 is 0. The number of halogens is 3. The van der Waals surface area contributed by atoms with Crippen LogP contribution in [0.4, 0.5) is 8.78 Å². The molecule has 29 heavy (non-hydrogen) atoms. The van der Waals surface area contributed by atoms with Crippen LogP contribution in [0, 0.1) is 18.6 Å². The molecule has 2 heterocycles. The van der Waals surface area contributed by atoms with Gasteiger partial charge in [0, 0.05) is 12.1 Å². The Morgan fingerprint density at radius 3 is 2.59 bits per heavy atom. The Labute approximate surface area is 174 Å². The molecule has 1 unspecified atom stereocenters. The Morgan fingerprint density at radius 2 is 1.90 bits per heavy atom. The first kappa shape index (κ1) is 21.0. The molecule has 0 bridgehead atoms. The number of hydrogen-bond acceptors (Lipinski definition) is 2. The van der Waals surface area contributed by atoms with E-state index in [1.807, 2.05) is 35.8 Å². The van der Waals surface area contributed by atoms with E-state index in [1.54, 1.807) is 6.07 Å². The lowest BCUT2D eigenvalue weighted by molar-refractivity contribution is 0.0914. The Bertz CT molecular complexity index is 1060. The van der Waals surface area contributed by atoms with Crippen LogP contribution in [-0.2, 0) is 0 Å². The monoisotopic (exact) mass is 417 g/mol.